The van der Waals surface area contributed by atoms with Crippen molar-refractivity contribution in [1.29, 1.82) is 0 Å². The van der Waals surface area contributed by atoms with Gasteiger partial charge in [-0.15, -0.1) is 0 Å². The summed E-state index contributed by atoms with van der Waals surface area (Å²) < 4.78 is 44.7. The Hall–Kier alpha value is -3.36. The Morgan fingerprint density at radius 3 is 2.21 bits per heavy atom. The van der Waals surface area contributed by atoms with Gasteiger partial charge in [-0.3, -0.25) is 14.4 Å². The third kappa shape index (κ3) is 5.76. The van der Waals surface area contributed by atoms with Crippen LogP contribution in [-0.4, -0.2) is 35.8 Å². The molecule has 0 radical (unpaired) electrons. The minimum Gasteiger partial charge on any atom is -0.447 e. The lowest BCUT2D eigenvalue weighted by atomic mass is 9.96. The van der Waals surface area contributed by atoms with Crippen molar-refractivity contribution in [3.8, 4) is 0 Å². The summed E-state index contributed by atoms with van der Waals surface area (Å²) in [5.41, 5.74) is -0.545. The summed E-state index contributed by atoms with van der Waals surface area (Å²) in [5.74, 6) is -1.53. The fourth-order valence-electron chi connectivity index (χ4n) is 4.02. The Labute approximate surface area is 195 Å². The van der Waals surface area contributed by atoms with Gasteiger partial charge in [0.25, 0.3) is 5.91 Å². The average Bonchev–Trinajstić information content (AvgIpc) is 3.68. The normalized spacial score (nSPS) is 17.7. The number of likely N-dealkylation sites (tertiary alicyclic amines) is 1. The summed E-state index contributed by atoms with van der Waals surface area (Å²) >= 11 is 0. The Morgan fingerprint density at radius 1 is 0.912 bits per heavy atom. The number of carbonyl (C=O) groups is 3. The van der Waals surface area contributed by atoms with Crippen molar-refractivity contribution in [2.24, 2.45) is 11.8 Å². The molecule has 180 valence electrons. The number of halogens is 3. The quantitative estimate of drug-likeness (QED) is 0.622. The molecule has 6 nitrogen and oxygen atoms in total. The monoisotopic (exact) mass is 474 g/mol. The predicted molar refractivity (Wildman–Crippen MR) is 117 cm³/mol. The molecular formula is C25H25F3N2O4. The zero-order valence-corrected chi connectivity index (χ0v) is 18.4. The third-order valence-corrected chi connectivity index (χ3v) is 6.10. The summed E-state index contributed by atoms with van der Waals surface area (Å²) in [6, 6.07) is 12.6. The van der Waals surface area contributed by atoms with Crippen molar-refractivity contribution in [2.45, 2.75) is 38.0 Å². The second-order valence-electron chi connectivity index (χ2n) is 8.67. The van der Waals surface area contributed by atoms with Crippen molar-refractivity contribution in [3.63, 3.8) is 0 Å². The van der Waals surface area contributed by atoms with Crippen LogP contribution < -0.4 is 5.32 Å². The Morgan fingerprint density at radius 2 is 1.59 bits per heavy atom. The number of nitrogens with zero attached hydrogens (tertiary/aromatic N) is 1. The lowest BCUT2D eigenvalue weighted by Gasteiger charge is -2.31. The van der Waals surface area contributed by atoms with Crippen LogP contribution in [0.4, 0.5) is 18.9 Å². The van der Waals surface area contributed by atoms with Gasteiger partial charge in [-0.2, -0.15) is 13.2 Å². The average molecular weight is 474 g/mol. The number of hydrogen-bond donors (Lipinski definition) is 1. The van der Waals surface area contributed by atoms with E-state index in [4.69, 9.17) is 4.74 Å². The Kier molecular flexibility index (Phi) is 6.90. The SMILES string of the molecule is O=C(OC(C(=O)Nc1cccc(C(F)(F)F)c1)c1ccccc1)C1CCN(C(=O)C2CC2)CC1. The van der Waals surface area contributed by atoms with Crippen molar-refractivity contribution in [1.82, 2.24) is 4.90 Å². The molecule has 2 amide bonds. The van der Waals surface area contributed by atoms with Crippen LogP contribution in [0.3, 0.4) is 0 Å². The molecule has 1 N–H and O–H groups in total. The molecule has 1 aliphatic carbocycles. The topological polar surface area (TPSA) is 75.7 Å². The number of hydrogen-bond acceptors (Lipinski definition) is 4. The maximum atomic E-state index is 13.0. The number of carbonyl (C=O) groups excluding carboxylic acids is 3. The number of piperidine rings is 1. The predicted octanol–water partition coefficient (Wildman–Crippen LogP) is 4.58. The largest absolute Gasteiger partial charge is 0.447 e. The van der Waals surface area contributed by atoms with Crippen LogP contribution in [-0.2, 0) is 25.3 Å². The number of amides is 2. The minimum atomic E-state index is -4.55. The number of benzene rings is 2. The van der Waals surface area contributed by atoms with Crippen LogP contribution in [0.5, 0.6) is 0 Å². The van der Waals surface area contributed by atoms with Crippen LogP contribution in [0.15, 0.2) is 54.6 Å². The molecule has 1 saturated carbocycles. The summed E-state index contributed by atoms with van der Waals surface area (Å²) in [6.07, 6.45) is -3.17. The molecule has 2 fully saturated rings. The van der Waals surface area contributed by atoms with Crippen LogP contribution in [0.25, 0.3) is 0 Å². The van der Waals surface area contributed by atoms with E-state index in [0.717, 1.165) is 25.0 Å². The first-order valence-electron chi connectivity index (χ1n) is 11.2. The molecule has 0 aromatic heterocycles. The van der Waals surface area contributed by atoms with E-state index in [2.05, 4.69) is 5.32 Å². The second-order valence-corrected chi connectivity index (χ2v) is 8.67. The highest BCUT2D eigenvalue weighted by molar-refractivity contribution is 5.96. The summed E-state index contributed by atoms with van der Waals surface area (Å²) in [7, 11) is 0. The van der Waals surface area contributed by atoms with E-state index in [9.17, 15) is 27.6 Å². The Bertz CT molecular complexity index is 1050. The van der Waals surface area contributed by atoms with Gasteiger partial charge in [0.2, 0.25) is 12.0 Å². The van der Waals surface area contributed by atoms with Crippen LogP contribution >= 0.6 is 0 Å². The first-order chi connectivity index (χ1) is 16.2. The summed E-state index contributed by atoms with van der Waals surface area (Å²) in [5, 5.41) is 2.43. The number of anilines is 1. The molecule has 0 spiro atoms. The number of alkyl halides is 3. The van der Waals surface area contributed by atoms with E-state index in [1.165, 1.54) is 12.1 Å². The maximum Gasteiger partial charge on any atom is 0.416 e. The number of nitrogens with one attached hydrogen (secondary N) is 1. The molecule has 1 atom stereocenters. The van der Waals surface area contributed by atoms with Gasteiger partial charge in [-0.1, -0.05) is 36.4 Å². The van der Waals surface area contributed by atoms with Gasteiger partial charge in [0, 0.05) is 30.3 Å². The molecule has 34 heavy (non-hydrogen) atoms. The molecule has 1 unspecified atom stereocenters. The molecule has 0 bridgehead atoms. The smallest absolute Gasteiger partial charge is 0.416 e. The summed E-state index contributed by atoms with van der Waals surface area (Å²) in [6.45, 7) is 0.920. The highest BCUT2D eigenvalue weighted by Crippen LogP contribution is 2.33. The lowest BCUT2D eigenvalue weighted by molar-refractivity contribution is -0.161. The van der Waals surface area contributed by atoms with E-state index in [1.807, 2.05) is 0 Å². The second kappa shape index (κ2) is 9.87. The number of esters is 1. The molecule has 1 aliphatic heterocycles. The molecular weight excluding hydrogens is 449 g/mol. The number of rotatable bonds is 6. The molecule has 9 heteroatoms. The van der Waals surface area contributed by atoms with E-state index >= 15 is 0 Å². The van der Waals surface area contributed by atoms with Gasteiger partial charge in [-0.05, 0) is 43.9 Å². The van der Waals surface area contributed by atoms with E-state index < -0.39 is 35.6 Å². The van der Waals surface area contributed by atoms with Crippen LogP contribution in [0.2, 0.25) is 0 Å². The van der Waals surface area contributed by atoms with Gasteiger partial charge >= 0.3 is 12.1 Å². The lowest BCUT2D eigenvalue weighted by Crippen LogP contribution is -2.41. The standard InChI is InChI=1S/C25H25F3N2O4/c26-25(27,28)19-7-4-8-20(15-19)29-22(31)21(16-5-2-1-3-6-16)34-24(33)18-11-13-30(14-12-18)23(32)17-9-10-17/h1-8,15,17-18,21H,9-14H2,(H,29,31). The fourth-order valence-corrected chi connectivity index (χ4v) is 4.02. The summed E-state index contributed by atoms with van der Waals surface area (Å²) in [4.78, 5) is 39.9. The van der Waals surface area contributed by atoms with Gasteiger partial charge in [-0.25, -0.2) is 0 Å². The molecule has 1 saturated heterocycles. The van der Waals surface area contributed by atoms with E-state index in [1.54, 1.807) is 35.2 Å². The fraction of sp³-hybridized carbons (Fsp3) is 0.400. The molecule has 2 aromatic carbocycles. The molecule has 2 aliphatic rings. The minimum absolute atomic E-state index is 0.0521. The van der Waals surface area contributed by atoms with Crippen molar-refractivity contribution in [2.75, 3.05) is 18.4 Å². The van der Waals surface area contributed by atoms with Gasteiger partial charge in [0.15, 0.2) is 0 Å². The van der Waals surface area contributed by atoms with Gasteiger partial charge in [0.1, 0.15) is 0 Å². The zero-order valence-electron chi connectivity index (χ0n) is 18.4. The van der Waals surface area contributed by atoms with Gasteiger partial charge < -0.3 is 15.0 Å². The first-order valence-corrected chi connectivity index (χ1v) is 11.2. The van der Waals surface area contributed by atoms with Gasteiger partial charge in [0.05, 0.1) is 11.5 Å². The number of ether oxygens (including phenoxy) is 1. The maximum absolute atomic E-state index is 13.0. The van der Waals surface area contributed by atoms with Crippen LogP contribution in [0, 0.1) is 11.8 Å². The molecule has 4 rings (SSSR count). The zero-order chi connectivity index (χ0) is 24.3. The van der Waals surface area contributed by atoms with E-state index in [-0.39, 0.29) is 17.5 Å². The highest BCUT2D eigenvalue weighted by atomic mass is 19.4. The Balaban J connectivity index is 1.44. The van der Waals surface area contributed by atoms with Crippen molar-refractivity contribution >= 4 is 23.5 Å². The highest BCUT2D eigenvalue weighted by Gasteiger charge is 2.37. The molecule has 2 aromatic rings. The van der Waals surface area contributed by atoms with Crippen molar-refractivity contribution < 1.29 is 32.3 Å². The van der Waals surface area contributed by atoms with E-state index in [0.29, 0.717) is 31.5 Å². The van der Waals surface area contributed by atoms with Crippen LogP contribution in [0.1, 0.15) is 42.9 Å². The first kappa shape index (κ1) is 23.8. The molecule has 1 heterocycles. The third-order valence-electron chi connectivity index (χ3n) is 6.10. The van der Waals surface area contributed by atoms with Crippen molar-refractivity contribution in [3.05, 3.63) is 65.7 Å².